The lowest BCUT2D eigenvalue weighted by Crippen LogP contribution is -2.55. The van der Waals surface area contributed by atoms with Crippen LogP contribution >= 0.6 is 0 Å². The topological polar surface area (TPSA) is 87.9 Å². The Hall–Kier alpha value is -0.250. The molecule has 0 saturated carbocycles. The van der Waals surface area contributed by atoms with Gasteiger partial charge in [0.1, 0.15) is 0 Å². The molecule has 8 heteroatoms. The molecule has 0 amide bonds. The fourth-order valence-corrected chi connectivity index (χ4v) is 3.07. The zero-order chi connectivity index (χ0) is 13.6. The van der Waals surface area contributed by atoms with Gasteiger partial charge in [-0.1, -0.05) is 0 Å². The molecule has 0 aromatic heterocycles. The van der Waals surface area contributed by atoms with E-state index >= 15 is 0 Å². The lowest BCUT2D eigenvalue weighted by molar-refractivity contribution is 0.147. The van der Waals surface area contributed by atoms with Crippen molar-refractivity contribution >= 4 is 10.2 Å². The quantitative estimate of drug-likeness (QED) is 0.550. The van der Waals surface area contributed by atoms with E-state index in [4.69, 9.17) is 10.5 Å². The average Bonchev–Trinajstić information content (AvgIpc) is 2.38. The Morgan fingerprint density at radius 3 is 2.44 bits per heavy atom. The van der Waals surface area contributed by atoms with Crippen LogP contribution in [0.15, 0.2) is 0 Å². The van der Waals surface area contributed by atoms with Crippen LogP contribution in [0.3, 0.4) is 0 Å². The maximum Gasteiger partial charge on any atom is 0.279 e. The molecule has 1 heterocycles. The third-order valence-corrected chi connectivity index (χ3v) is 4.78. The van der Waals surface area contributed by atoms with Crippen LogP contribution in [0.2, 0.25) is 0 Å². The first kappa shape index (κ1) is 15.8. The molecule has 7 nitrogen and oxygen atoms in total. The first-order valence-electron chi connectivity index (χ1n) is 6.19. The summed E-state index contributed by atoms with van der Waals surface area (Å²) in [5.74, 6) is 0. The summed E-state index contributed by atoms with van der Waals surface area (Å²) < 4.78 is 32.7. The summed E-state index contributed by atoms with van der Waals surface area (Å²) in [6, 6.07) is 0.302. The van der Waals surface area contributed by atoms with Crippen LogP contribution in [0.4, 0.5) is 0 Å². The SMILES string of the molecule is COCCNS(=O)(=O)N1CCN(C(C)CN)CC1. The Labute approximate surface area is 109 Å². The maximum atomic E-state index is 11.9. The minimum Gasteiger partial charge on any atom is -0.383 e. The molecule has 0 aromatic carbocycles. The summed E-state index contributed by atoms with van der Waals surface area (Å²) in [7, 11) is -1.82. The number of piperazine rings is 1. The molecular weight excluding hydrogens is 256 g/mol. The normalized spacial score (nSPS) is 21.1. The maximum absolute atomic E-state index is 11.9. The first-order chi connectivity index (χ1) is 8.51. The molecule has 18 heavy (non-hydrogen) atoms. The van der Waals surface area contributed by atoms with Crippen molar-refractivity contribution in [1.82, 2.24) is 13.9 Å². The highest BCUT2D eigenvalue weighted by Gasteiger charge is 2.27. The Morgan fingerprint density at radius 1 is 1.33 bits per heavy atom. The number of methoxy groups -OCH3 is 1. The molecule has 0 bridgehead atoms. The Bertz CT molecular complexity index is 328. The van der Waals surface area contributed by atoms with Crippen LogP contribution in [-0.2, 0) is 14.9 Å². The number of nitrogens with zero attached hydrogens (tertiary/aromatic N) is 2. The van der Waals surface area contributed by atoms with Crippen molar-refractivity contribution in [3.8, 4) is 0 Å². The van der Waals surface area contributed by atoms with Crippen molar-refractivity contribution in [2.45, 2.75) is 13.0 Å². The van der Waals surface area contributed by atoms with Gasteiger partial charge in [-0.15, -0.1) is 0 Å². The fourth-order valence-electron chi connectivity index (χ4n) is 1.90. The van der Waals surface area contributed by atoms with Gasteiger partial charge in [0.05, 0.1) is 6.61 Å². The lowest BCUT2D eigenvalue weighted by Gasteiger charge is -2.36. The van der Waals surface area contributed by atoms with Crippen LogP contribution < -0.4 is 10.5 Å². The van der Waals surface area contributed by atoms with Crippen molar-refractivity contribution in [3.05, 3.63) is 0 Å². The lowest BCUT2D eigenvalue weighted by atomic mass is 10.2. The molecule has 3 N–H and O–H groups in total. The van der Waals surface area contributed by atoms with Crippen molar-refractivity contribution in [2.24, 2.45) is 5.73 Å². The molecule has 0 radical (unpaired) electrons. The molecule has 0 aliphatic carbocycles. The summed E-state index contributed by atoms with van der Waals surface area (Å²) in [4.78, 5) is 2.21. The minimum absolute atomic E-state index is 0.302. The fraction of sp³-hybridized carbons (Fsp3) is 1.00. The standard InChI is InChI=1S/C10H24N4O3S/c1-10(9-11)13-4-6-14(7-5-13)18(15,16)12-3-8-17-2/h10,12H,3-9,11H2,1-2H3. The molecule has 0 aromatic rings. The highest BCUT2D eigenvalue weighted by molar-refractivity contribution is 7.87. The smallest absolute Gasteiger partial charge is 0.279 e. The number of hydrogen-bond acceptors (Lipinski definition) is 5. The number of nitrogens with one attached hydrogen (secondary N) is 1. The summed E-state index contributed by atoms with van der Waals surface area (Å²) in [5.41, 5.74) is 5.60. The largest absolute Gasteiger partial charge is 0.383 e. The van der Waals surface area contributed by atoms with Crippen LogP contribution in [0.5, 0.6) is 0 Å². The predicted molar refractivity (Wildman–Crippen MR) is 70.5 cm³/mol. The van der Waals surface area contributed by atoms with Gasteiger partial charge in [-0.25, -0.2) is 0 Å². The van der Waals surface area contributed by atoms with Gasteiger partial charge >= 0.3 is 0 Å². The first-order valence-corrected chi connectivity index (χ1v) is 7.63. The molecule has 1 aliphatic rings. The molecule has 1 saturated heterocycles. The third-order valence-electron chi connectivity index (χ3n) is 3.17. The van der Waals surface area contributed by atoms with E-state index in [1.807, 2.05) is 0 Å². The number of rotatable bonds is 7. The van der Waals surface area contributed by atoms with Gasteiger partial charge in [0.25, 0.3) is 10.2 Å². The van der Waals surface area contributed by atoms with E-state index in [-0.39, 0.29) is 0 Å². The van der Waals surface area contributed by atoms with Crippen molar-refractivity contribution in [1.29, 1.82) is 0 Å². The summed E-state index contributed by atoms with van der Waals surface area (Å²) >= 11 is 0. The van der Waals surface area contributed by atoms with Crippen molar-refractivity contribution < 1.29 is 13.2 Å². The zero-order valence-corrected chi connectivity index (χ0v) is 11.9. The third kappa shape index (κ3) is 4.45. The molecule has 108 valence electrons. The van der Waals surface area contributed by atoms with Gasteiger partial charge in [-0.05, 0) is 6.92 Å². The zero-order valence-electron chi connectivity index (χ0n) is 11.1. The van der Waals surface area contributed by atoms with Gasteiger partial charge in [-0.3, -0.25) is 4.90 Å². The summed E-state index contributed by atoms with van der Waals surface area (Å²) in [5, 5.41) is 0. The number of ether oxygens (including phenoxy) is 1. The second kappa shape index (κ2) is 7.37. The van der Waals surface area contributed by atoms with Gasteiger partial charge in [0.2, 0.25) is 0 Å². The van der Waals surface area contributed by atoms with E-state index in [1.165, 1.54) is 4.31 Å². The molecule has 0 spiro atoms. The van der Waals surface area contributed by atoms with E-state index in [0.29, 0.717) is 38.8 Å². The van der Waals surface area contributed by atoms with Gasteiger partial charge in [-0.2, -0.15) is 17.4 Å². The van der Waals surface area contributed by atoms with Gasteiger partial charge in [0, 0.05) is 52.4 Å². The minimum atomic E-state index is -3.37. The molecule has 1 aliphatic heterocycles. The molecule has 1 atom stereocenters. The predicted octanol–water partition coefficient (Wildman–Crippen LogP) is -1.57. The van der Waals surface area contributed by atoms with E-state index in [2.05, 4.69) is 16.5 Å². The van der Waals surface area contributed by atoms with Crippen LogP contribution in [0, 0.1) is 0 Å². The van der Waals surface area contributed by atoms with E-state index in [1.54, 1.807) is 7.11 Å². The highest BCUT2D eigenvalue weighted by atomic mass is 32.2. The van der Waals surface area contributed by atoms with Crippen molar-refractivity contribution in [2.75, 3.05) is 53.0 Å². The summed E-state index contributed by atoms with van der Waals surface area (Å²) in [6.07, 6.45) is 0. The summed E-state index contributed by atoms with van der Waals surface area (Å²) in [6.45, 7) is 5.80. The Kier molecular flexibility index (Phi) is 6.47. The highest BCUT2D eigenvalue weighted by Crippen LogP contribution is 2.08. The monoisotopic (exact) mass is 280 g/mol. The molecule has 1 fully saturated rings. The van der Waals surface area contributed by atoms with Gasteiger partial charge < -0.3 is 10.5 Å². The Balaban J connectivity index is 2.41. The Morgan fingerprint density at radius 2 is 1.94 bits per heavy atom. The second-order valence-corrected chi connectivity index (χ2v) is 6.17. The van der Waals surface area contributed by atoms with E-state index in [0.717, 1.165) is 13.1 Å². The van der Waals surface area contributed by atoms with Crippen LogP contribution in [0.1, 0.15) is 6.92 Å². The van der Waals surface area contributed by atoms with Crippen LogP contribution in [0.25, 0.3) is 0 Å². The van der Waals surface area contributed by atoms with Crippen molar-refractivity contribution in [3.63, 3.8) is 0 Å². The van der Waals surface area contributed by atoms with Crippen LogP contribution in [-0.4, -0.2) is 76.6 Å². The number of hydrogen-bond donors (Lipinski definition) is 2. The molecular formula is C10H24N4O3S. The number of nitrogens with two attached hydrogens (primary N) is 1. The second-order valence-electron chi connectivity index (χ2n) is 4.41. The van der Waals surface area contributed by atoms with E-state index < -0.39 is 10.2 Å². The average molecular weight is 280 g/mol. The van der Waals surface area contributed by atoms with Gasteiger partial charge in [0.15, 0.2) is 0 Å². The molecule has 1 unspecified atom stereocenters. The van der Waals surface area contributed by atoms with E-state index in [9.17, 15) is 8.42 Å². The molecule has 1 rings (SSSR count).